The maximum atomic E-state index is 13.3. The zero-order valence-electron chi connectivity index (χ0n) is 77.1. The van der Waals surface area contributed by atoms with E-state index in [0.717, 1.165) is 92.5 Å². The Balaban J connectivity index is 0.000000129. The van der Waals surface area contributed by atoms with Crippen LogP contribution in [0.4, 0.5) is 78.9 Å². The van der Waals surface area contributed by atoms with Crippen molar-refractivity contribution in [2.45, 2.75) is 118 Å². The summed E-state index contributed by atoms with van der Waals surface area (Å²) in [5, 5.41) is 25.5. The lowest BCUT2D eigenvalue weighted by Gasteiger charge is -2.31. The maximum Gasteiger partial charge on any atom is 0.416 e. The average Bonchev–Trinajstić information content (AvgIpc) is 1.68. The van der Waals surface area contributed by atoms with Crippen molar-refractivity contribution in [1.82, 2.24) is 70.3 Å². The van der Waals surface area contributed by atoms with Crippen LogP contribution in [0.25, 0.3) is 0 Å². The van der Waals surface area contributed by atoms with E-state index >= 15 is 0 Å². The third-order valence-corrected chi connectivity index (χ3v) is 22.8. The fourth-order valence-electron chi connectivity index (χ4n) is 15.7. The normalized spacial score (nSPS) is 16.7. The first-order chi connectivity index (χ1) is 65.3. The van der Waals surface area contributed by atoms with Crippen LogP contribution in [0.15, 0.2) is 141 Å². The highest BCUT2D eigenvalue weighted by atomic mass is 35.5. The molecule has 20 rings (SSSR count). The number of benzene rings is 6. The first-order valence-corrected chi connectivity index (χ1v) is 44.3. The van der Waals surface area contributed by atoms with Gasteiger partial charge in [-0.1, -0.05) is 23.2 Å². The molecule has 0 fully saturated rings. The van der Waals surface area contributed by atoms with Gasteiger partial charge in [0.2, 0.25) is 17.2 Å². The number of nitrogens with two attached hydrogens (primary N) is 1. The van der Waals surface area contributed by atoms with Crippen LogP contribution < -0.4 is 101 Å². The number of carbonyl (C=O) groups excluding carboxylic acids is 6. The van der Waals surface area contributed by atoms with Crippen molar-refractivity contribution in [2.24, 2.45) is 0 Å². The number of hydrogen-bond donors (Lipinski definition) is 9. The van der Waals surface area contributed by atoms with Crippen LogP contribution in [-0.2, 0) is 22.6 Å². The van der Waals surface area contributed by atoms with Gasteiger partial charge < -0.3 is 110 Å². The number of rotatable bonds is 14. The van der Waals surface area contributed by atoms with Crippen molar-refractivity contribution in [3.8, 4) is 51.7 Å². The third-order valence-electron chi connectivity index (χ3n) is 22.3. The van der Waals surface area contributed by atoms with Gasteiger partial charge in [0.05, 0.1) is 98.4 Å². The Bertz CT molecular complexity index is 6220. The van der Waals surface area contributed by atoms with Gasteiger partial charge in [-0.05, 0) is 189 Å². The first kappa shape index (κ1) is 95.1. The summed E-state index contributed by atoms with van der Waals surface area (Å²) in [6, 6.07) is 33.3. The Labute approximate surface area is 793 Å². The first-order valence-electron chi connectivity index (χ1n) is 43.5. The lowest BCUT2D eigenvalue weighted by Crippen LogP contribution is -2.42. The number of carbonyl (C=O) groups is 6. The number of hydrogen-bond acceptors (Lipinski definition) is 34. The summed E-state index contributed by atoms with van der Waals surface area (Å²) in [5.41, 5.74) is 16.2. The summed E-state index contributed by atoms with van der Waals surface area (Å²) in [6.07, 6.45) is 6.07. The fourth-order valence-corrected chi connectivity index (χ4v) is 16.1. The van der Waals surface area contributed by atoms with E-state index in [2.05, 4.69) is 92.4 Å². The lowest BCUT2D eigenvalue weighted by atomic mass is 10.0. The fraction of sp³-hybridized carbons (Fsp3) is 0.340. The molecule has 6 aromatic carbocycles. The summed E-state index contributed by atoms with van der Waals surface area (Å²) in [7, 11) is 6.43. The second-order valence-corrected chi connectivity index (χ2v) is 34.4. The molecule has 42 heteroatoms. The highest BCUT2D eigenvalue weighted by Gasteiger charge is 2.39. The van der Waals surface area contributed by atoms with Crippen LogP contribution in [0.1, 0.15) is 168 Å². The highest BCUT2D eigenvalue weighted by molar-refractivity contribution is 6.31. The SMILES string of the molecule is CC(C)(C)OC(=O)N1CCOc2c(Cl)ncnc21.CC1NC(=O)c2ccc(Nc3ncnc4c3OCCN4)cc21.CC1NC(=O)c2ccc(Nc3ncnc4c3OCCN4)cc21.COc1ccc(CN2C(=O)c3ccc(N)cc3C2C)c(OC)c1.COc1ccc(CN2C(=O)c3ccc(Nc4ncnc5c4OCCN5C(=O)OC(C)(C)C)cc3C2C)c(OC)c1.Clc1ncnc2c1OCCN2. The number of nitrogens with zero attached hydrogens (tertiary/aromatic N) is 14. The monoisotopic (exact) mass is 1900 g/mol. The van der Waals surface area contributed by atoms with Gasteiger partial charge in [-0.2, -0.15) is 0 Å². The van der Waals surface area contributed by atoms with Gasteiger partial charge in [-0.25, -0.2) is 59.4 Å². The summed E-state index contributed by atoms with van der Waals surface area (Å²) in [4.78, 5) is 122. The summed E-state index contributed by atoms with van der Waals surface area (Å²) >= 11 is 11.6. The van der Waals surface area contributed by atoms with Crippen molar-refractivity contribution in [3.63, 3.8) is 0 Å². The number of methoxy groups -OCH3 is 4. The number of anilines is 12. The van der Waals surface area contributed by atoms with Crippen LogP contribution in [0.2, 0.25) is 10.3 Å². The molecular formula is C94H103Cl2N23O17. The molecule has 6 amide bonds. The van der Waals surface area contributed by atoms with Crippen molar-refractivity contribution in [2.75, 3.05) is 142 Å². The van der Waals surface area contributed by atoms with Gasteiger partial charge in [-0.3, -0.25) is 29.0 Å². The number of nitrogen functional groups attached to an aromatic ring is 1. The minimum absolute atomic E-state index is 0.0153. The van der Waals surface area contributed by atoms with Crippen molar-refractivity contribution in [1.29, 1.82) is 0 Å². The number of amides is 6. The van der Waals surface area contributed by atoms with Crippen molar-refractivity contribution in [3.05, 3.63) is 207 Å². The number of nitrogens with one attached hydrogen (secondary N) is 8. The van der Waals surface area contributed by atoms with E-state index in [4.69, 9.17) is 81.0 Å². The molecule has 40 nitrogen and oxygen atoms in total. The molecule has 9 aliphatic rings. The van der Waals surface area contributed by atoms with E-state index < -0.39 is 23.4 Å². The van der Waals surface area contributed by atoms with Gasteiger partial charge in [0.1, 0.15) is 98.9 Å². The standard InChI is InChI=1S/C29H33N5O6.C18H20N2O3.2C15H15N5O2.C11H14ClN3O3.C6H6ClN3O/c1-17-22-13-19(8-10-21(22)27(35)34(17)15-18-7-9-20(37-5)14-23(18)38-6)32-25-24-26(31-16-30-25)33(11-12-39-24)28(36)40-29(2,3)4;1-11-16-8-13(19)5-7-15(16)18(21)20(11)10-12-4-6-14(22-2)9-17(12)23-3;2*1-8-11-6-9(2-3-10(11)15(21)19-8)20-14-12-13(17-7-18-14)16-4-5-22-12;1-11(2,3)18-10(16)15-4-5-17-7-8(12)13-6-14-9(7)15;7-5-4-6(10-3-9-5)8-1-2-11-4/h7-10,13-14,16-17H,11-12,15H2,1-6H3,(H,30,31,32);4-9,11H,10,19H2,1-3H3;2*2-3,6-8H,4-5H2,1H3,(H,19,21)(H2,16,17,18,20);6H,4-5H2,1-3H3;3H,1-2H2,(H,8,9,10). The molecule has 5 aromatic heterocycles. The van der Waals surface area contributed by atoms with E-state index in [0.29, 0.717) is 162 Å². The molecule has 0 spiro atoms. The predicted octanol–water partition coefficient (Wildman–Crippen LogP) is 14.9. The smallest absolute Gasteiger partial charge is 0.416 e. The molecule has 4 unspecified atom stereocenters. The molecule has 710 valence electrons. The Morgan fingerprint density at radius 2 is 0.794 bits per heavy atom. The molecule has 14 heterocycles. The second kappa shape index (κ2) is 41.3. The number of halogens is 2. The number of fused-ring (bicyclic) bond motifs is 9. The molecule has 0 saturated heterocycles. The van der Waals surface area contributed by atoms with Crippen LogP contribution in [0.5, 0.6) is 51.7 Å². The minimum Gasteiger partial charge on any atom is -0.497 e. The Hall–Kier alpha value is -15.5. The summed E-state index contributed by atoms with van der Waals surface area (Å²) in [6.45, 7) is 24.9. The molecule has 0 aliphatic carbocycles. The zero-order chi connectivity index (χ0) is 96.4. The topological polar surface area (TPSA) is 468 Å². The van der Waals surface area contributed by atoms with Crippen LogP contribution >= 0.6 is 23.2 Å². The molecule has 4 atom stereocenters. The van der Waals surface area contributed by atoms with Gasteiger partial charge in [0, 0.05) is 68.3 Å². The van der Waals surface area contributed by atoms with Gasteiger partial charge in [-0.15, -0.1) is 0 Å². The number of ether oxygens (including phenoxy) is 11. The van der Waals surface area contributed by atoms with Crippen LogP contribution in [-0.4, -0.2) is 201 Å². The number of aromatic nitrogens is 10. The Kier molecular flexibility index (Phi) is 28.9. The maximum absolute atomic E-state index is 13.3. The Morgan fingerprint density at radius 1 is 0.426 bits per heavy atom. The summed E-state index contributed by atoms with van der Waals surface area (Å²) < 4.78 is 60.1. The highest BCUT2D eigenvalue weighted by Crippen LogP contribution is 2.45. The summed E-state index contributed by atoms with van der Waals surface area (Å²) in [5.74, 6) is 9.54. The van der Waals surface area contributed by atoms with Gasteiger partial charge in [0.25, 0.3) is 23.6 Å². The van der Waals surface area contributed by atoms with Gasteiger partial charge in [0.15, 0.2) is 68.3 Å². The van der Waals surface area contributed by atoms with E-state index in [1.807, 2.05) is 155 Å². The van der Waals surface area contributed by atoms with Crippen LogP contribution in [0, 0.1) is 0 Å². The molecule has 136 heavy (non-hydrogen) atoms. The molecule has 9 aliphatic heterocycles. The molecule has 0 bridgehead atoms. The molecule has 10 N–H and O–H groups in total. The lowest BCUT2D eigenvalue weighted by molar-refractivity contribution is 0.0555. The average molecular weight is 1900 g/mol. The minimum atomic E-state index is -0.644. The zero-order valence-corrected chi connectivity index (χ0v) is 78.6. The van der Waals surface area contributed by atoms with E-state index in [-0.39, 0.29) is 59.6 Å². The van der Waals surface area contributed by atoms with Gasteiger partial charge >= 0.3 is 12.2 Å². The van der Waals surface area contributed by atoms with Crippen LogP contribution in [0.3, 0.4) is 0 Å². The van der Waals surface area contributed by atoms with E-state index in [1.54, 1.807) is 61.3 Å². The molecule has 11 aromatic rings. The molecule has 0 radical (unpaired) electrons. The Morgan fingerprint density at radius 3 is 1.24 bits per heavy atom. The van der Waals surface area contributed by atoms with Crippen molar-refractivity contribution >= 4 is 128 Å². The quantitative estimate of drug-likeness (QED) is 0.0361. The molecular weight excluding hydrogens is 1790 g/mol. The molecule has 0 saturated carbocycles. The largest absolute Gasteiger partial charge is 0.497 e. The van der Waals surface area contributed by atoms with Crippen molar-refractivity contribution < 1.29 is 80.9 Å². The third kappa shape index (κ3) is 21.6. The second-order valence-electron chi connectivity index (χ2n) is 33.7. The van der Waals surface area contributed by atoms with E-state index in [1.165, 1.54) is 41.4 Å². The van der Waals surface area contributed by atoms with E-state index in [9.17, 15) is 28.8 Å². The predicted molar refractivity (Wildman–Crippen MR) is 508 cm³/mol.